The van der Waals surface area contributed by atoms with Crippen molar-refractivity contribution in [2.45, 2.75) is 32.9 Å². The van der Waals surface area contributed by atoms with Gasteiger partial charge in [-0.3, -0.25) is 4.79 Å². The minimum absolute atomic E-state index is 0.0344. The molecule has 2 rings (SSSR count). The molecule has 0 aromatic heterocycles. The lowest BCUT2D eigenvalue weighted by Crippen LogP contribution is -2.20. The topological polar surface area (TPSA) is 41.1 Å². The van der Waals surface area contributed by atoms with Crippen molar-refractivity contribution in [3.8, 4) is 0 Å². The van der Waals surface area contributed by atoms with Crippen LogP contribution >= 0.6 is 0 Å². The normalized spacial score (nSPS) is 21.0. The molecule has 0 saturated heterocycles. The quantitative estimate of drug-likeness (QED) is 0.833. The summed E-state index contributed by atoms with van der Waals surface area (Å²) < 4.78 is 0. The Bertz CT molecular complexity index is 409. The lowest BCUT2D eigenvalue weighted by molar-refractivity contribution is 0.0963. The van der Waals surface area contributed by atoms with Gasteiger partial charge in [-0.1, -0.05) is 26.0 Å². The lowest BCUT2D eigenvalue weighted by Gasteiger charge is -2.07. The molecule has 1 aliphatic rings. The second kappa shape index (κ2) is 4.49. The first kappa shape index (κ1) is 12.1. The van der Waals surface area contributed by atoms with E-state index in [1.165, 1.54) is 12.0 Å². The monoisotopic (exact) mass is 232 g/mol. The van der Waals surface area contributed by atoms with Crippen LogP contribution in [0.2, 0.25) is 0 Å². The first-order valence-electron chi connectivity index (χ1n) is 6.07. The van der Waals surface area contributed by atoms with Crippen molar-refractivity contribution in [1.82, 2.24) is 10.6 Å². The number of amides is 1. The molecule has 1 unspecified atom stereocenters. The van der Waals surface area contributed by atoms with Gasteiger partial charge in [-0.15, -0.1) is 0 Å². The molecule has 3 nitrogen and oxygen atoms in total. The molecule has 1 amide bonds. The summed E-state index contributed by atoms with van der Waals surface area (Å²) in [6.45, 7) is 5.43. The predicted molar refractivity (Wildman–Crippen MR) is 68.9 cm³/mol. The molecule has 1 aliphatic carbocycles. The fourth-order valence-corrected chi connectivity index (χ4v) is 1.97. The van der Waals surface area contributed by atoms with Crippen molar-refractivity contribution < 1.29 is 4.79 Å². The molecule has 0 aliphatic heterocycles. The van der Waals surface area contributed by atoms with Gasteiger partial charge >= 0.3 is 0 Å². The van der Waals surface area contributed by atoms with Crippen LogP contribution in [0, 0.1) is 5.41 Å². The minimum Gasteiger partial charge on any atom is -0.355 e. The number of nitrogens with one attached hydrogen (secondary N) is 2. The van der Waals surface area contributed by atoms with Crippen LogP contribution in [0.25, 0.3) is 0 Å². The minimum atomic E-state index is -0.0344. The van der Waals surface area contributed by atoms with Crippen molar-refractivity contribution in [1.29, 1.82) is 0 Å². The second-order valence-corrected chi connectivity index (χ2v) is 5.40. The standard InChI is InChI=1S/C14H20N2O/c1-14(2)8-12(14)16-9-10-4-6-11(7-5-10)13(17)15-3/h4-7,12,16H,8-9H2,1-3H3,(H,15,17). The summed E-state index contributed by atoms with van der Waals surface area (Å²) in [4.78, 5) is 11.4. The van der Waals surface area contributed by atoms with E-state index >= 15 is 0 Å². The van der Waals surface area contributed by atoms with Gasteiger partial charge in [0, 0.05) is 25.2 Å². The van der Waals surface area contributed by atoms with Gasteiger partial charge in [-0.25, -0.2) is 0 Å². The van der Waals surface area contributed by atoms with E-state index in [4.69, 9.17) is 0 Å². The SMILES string of the molecule is CNC(=O)c1ccc(CNC2CC2(C)C)cc1. The molecule has 0 bridgehead atoms. The fourth-order valence-electron chi connectivity index (χ4n) is 1.97. The van der Waals surface area contributed by atoms with E-state index in [9.17, 15) is 4.79 Å². The van der Waals surface area contributed by atoms with Gasteiger partial charge in [-0.05, 0) is 29.5 Å². The van der Waals surface area contributed by atoms with Crippen LogP contribution in [-0.2, 0) is 6.54 Å². The van der Waals surface area contributed by atoms with Gasteiger partial charge in [0.2, 0.25) is 0 Å². The van der Waals surface area contributed by atoms with Crippen molar-refractivity contribution in [2.24, 2.45) is 5.41 Å². The maximum atomic E-state index is 11.4. The van der Waals surface area contributed by atoms with Crippen LogP contribution < -0.4 is 10.6 Å². The average Bonchev–Trinajstić information content (AvgIpc) is 2.94. The predicted octanol–water partition coefficient (Wildman–Crippen LogP) is 1.93. The molecule has 2 N–H and O–H groups in total. The summed E-state index contributed by atoms with van der Waals surface area (Å²) in [6, 6.07) is 8.39. The van der Waals surface area contributed by atoms with E-state index in [2.05, 4.69) is 24.5 Å². The summed E-state index contributed by atoms with van der Waals surface area (Å²) >= 11 is 0. The Kier molecular flexibility index (Phi) is 3.20. The molecule has 0 heterocycles. The molecule has 17 heavy (non-hydrogen) atoms. The summed E-state index contributed by atoms with van der Waals surface area (Å²) in [7, 11) is 1.65. The number of hydrogen-bond acceptors (Lipinski definition) is 2. The summed E-state index contributed by atoms with van der Waals surface area (Å²) in [5.74, 6) is -0.0344. The van der Waals surface area contributed by atoms with E-state index in [-0.39, 0.29) is 5.91 Å². The third kappa shape index (κ3) is 2.86. The number of carbonyl (C=O) groups excluding carboxylic acids is 1. The van der Waals surface area contributed by atoms with E-state index in [1.807, 2.05) is 24.3 Å². The Balaban J connectivity index is 1.88. The van der Waals surface area contributed by atoms with Crippen molar-refractivity contribution in [3.63, 3.8) is 0 Å². The number of benzene rings is 1. The van der Waals surface area contributed by atoms with E-state index in [1.54, 1.807) is 7.05 Å². The zero-order chi connectivity index (χ0) is 12.5. The van der Waals surface area contributed by atoms with Crippen LogP contribution in [0.4, 0.5) is 0 Å². The van der Waals surface area contributed by atoms with Gasteiger partial charge in [-0.2, -0.15) is 0 Å². The molecular formula is C14H20N2O. The van der Waals surface area contributed by atoms with E-state index in [0.29, 0.717) is 17.0 Å². The Morgan fingerprint density at radius 2 is 1.94 bits per heavy atom. The van der Waals surface area contributed by atoms with Gasteiger partial charge in [0.25, 0.3) is 5.91 Å². The molecule has 92 valence electrons. The third-order valence-corrected chi connectivity index (χ3v) is 3.51. The molecule has 3 heteroatoms. The Hall–Kier alpha value is -1.35. The van der Waals surface area contributed by atoms with Crippen molar-refractivity contribution in [2.75, 3.05) is 7.05 Å². The van der Waals surface area contributed by atoms with Crippen LogP contribution in [0.1, 0.15) is 36.2 Å². The molecule has 1 saturated carbocycles. The maximum absolute atomic E-state index is 11.4. The molecular weight excluding hydrogens is 212 g/mol. The van der Waals surface area contributed by atoms with Gasteiger partial charge in [0.1, 0.15) is 0 Å². The third-order valence-electron chi connectivity index (χ3n) is 3.51. The number of hydrogen-bond donors (Lipinski definition) is 2. The number of carbonyl (C=O) groups is 1. The van der Waals surface area contributed by atoms with Crippen LogP contribution in [0.5, 0.6) is 0 Å². The Morgan fingerprint density at radius 1 is 1.35 bits per heavy atom. The molecule has 1 aromatic carbocycles. The fraction of sp³-hybridized carbons (Fsp3) is 0.500. The summed E-state index contributed by atoms with van der Waals surface area (Å²) in [5.41, 5.74) is 2.39. The zero-order valence-electron chi connectivity index (χ0n) is 10.7. The largest absolute Gasteiger partial charge is 0.355 e. The first-order chi connectivity index (χ1) is 8.03. The second-order valence-electron chi connectivity index (χ2n) is 5.40. The van der Waals surface area contributed by atoms with Crippen molar-refractivity contribution >= 4 is 5.91 Å². The van der Waals surface area contributed by atoms with Crippen LogP contribution in [0.3, 0.4) is 0 Å². The van der Waals surface area contributed by atoms with Gasteiger partial charge in [0.15, 0.2) is 0 Å². The molecule has 1 atom stereocenters. The van der Waals surface area contributed by atoms with Crippen molar-refractivity contribution in [3.05, 3.63) is 35.4 Å². The summed E-state index contributed by atoms with van der Waals surface area (Å²) in [5, 5.41) is 6.14. The highest BCUT2D eigenvalue weighted by Crippen LogP contribution is 2.44. The molecule has 1 fully saturated rings. The Morgan fingerprint density at radius 3 is 2.41 bits per heavy atom. The highest BCUT2D eigenvalue weighted by molar-refractivity contribution is 5.93. The van der Waals surface area contributed by atoms with E-state index < -0.39 is 0 Å². The van der Waals surface area contributed by atoms with Crippen LogP contribution in [-0.4, -0.2) is 19.0 Å². The first-order valence-corrected chi connectivity index (χ1v) is 6.07. The highest BCUT2D eigenvalue weighted by Gasteiger charge is 2.44. The number of rotatable bonds is 4. The zero-order valence-corrected chi connectivity index (χ0v) is 10.7. The molecule has 0 radical (unpaired) electrons. The lowest BCUT2D eigenvalue weighted by atomic mass is 10.1. The van der Waals surface area contributed by atoms with Gasteiger partial charge < -0.3 is 10.6 Å². The van der Waals surface area contributed by atoms with Crippen LogP contribution in [0.15, 0.2) is 24.3 Å². The Labute approximate surface area is 103 Å². The van der Waals surface area contributed by atoms with E-state index in [0.717, 1.165) is 6.54 Å². The maximum Gasteiger partial charge on any atom is 0.251 e. The highest BCUT2D eigenvalue weighted by atomic mass is 16.1. The average molecular weight is 232 g/mol. The molecule has 0 spiro atoms. The molecule has 1 aromatic rings. The smallest absolute Gasteiger partial charge is 0.251 e. The van der Waals surface area contributed by atoms with Gasteiger partial charge in [0.05, 0.1) is 0 Å². The summed E-state index contributed by atoms with van der Waals surface area (Å²) in [6.07, 6.45) is 1.25.